The van der Waals surface area contributed by atoms with Crippen LogP contribution in [-0.2, 0) is 0 Å². The Kier molecular flexibility index (Phi) is 3.49. The Morgan fingerprint density at radius 3 is 2.73 bits per heavy atom. The van der Waals surface area contributed by atoms with Gasteiger partial charge in [-0.1, -0.05) is 11.6 Å². The summed E-state index contributed by atoms with van der Waals surface area (Å²) in [5, 5.41) is 7.75. The first-order chi connectivity index (χ1) is 7.25. The van der Waals surface area contributed by atoms with Crippen LogP contribution < -0.4 is 10.6 Å². The number of rotatable bonds is 2. The third kappa shape index (κ3) is 2.86. The molecule has 0 bridgehead atoms. The summed E-state index contributed by atoms with van der Waals surface area (Å²) in [6.45, 7) is 4.27. The van der Waals surface area contributed by atoms with Crippen LogP contribution in [0, 0.1) is 6.92 Å². The molecule has 0 spiro atoms. The summed E-state index contributed by atoms with van der Waals surface area (Å²) in [4.78, 5) is 0. The second-order valence-electron chi connectivity index (χ2n) is 4.13. The van der Waals surface area contributed by atoms with Crippen LogP contribution in [0.5, 0.6) is 0 Å². The molecule has 0 radical (unpaired) electrons. The Balaban J connectivity index is 2.00. The van der Waals surface area contributed by atoms with E-state index in [4.69, 9.17) is 11.6 Å². The van der Waals surface area contributed by atoms with E-state index in [0.29, 0.717) is 6.04 Å². The van der Waals surface area contributed by atoms with Gasteiger partial charge in [-0.3, -0.25) is 0 Å². The molecule has 0 aromatic heterocycles. The predicted molar refractivity (Wildman–Crippen MR) is 65.7 cm³/mol. The van der Waals surface area contributed by atoms with Crippen molar-refractivity contribution in [2.75, 3.05) is 18.4 Å². The second-order valence-corrected chi connectivity index (χ2v) is 4.54. The van der Waals surface area contributed by atoms with E-state index in [1.165, 1.54) is 18.5 Å². The van der Waals surface area contributed by atoms with E-state index < -0.39 is 0 Å². The Morgan fingerprint density at radius 1 is 1.33 bits per heavy atom. The molecule has 3 heteroatoms. The summed E-state index contributed by atoms with van der Waals surface area (Å²) in [6, 6.07) is 6.73. The van der Waals surface area contributed by atoms with Crippen molar-refractivity contribution in [3.63, 3.8) is 0 Å². The number of hydrogen-bond acceptors (Lipinski definition) is 2. The van der Waals surface area contributed by atoms with Gasteiger partial charge in [0.2, 0.25) is 0 Å². The molecule has 15 heavy (non-hydrogen) atoms. The number of halogens is 1. The lowest BCUT2D eigenvalue weighted by Crippen LogP contribution is -2.35. The number of aryl methyl sites for hydroxylation is 1. The van der Waals surface area contributed by atoms with Gasteiger partial charge in [0.1, 0.15) is 0 Å². The fourth-order valence-corrected chi connectivity index (χ4v) is 2.05. The molecule has 1 aromatic carbocycles. The minimum absolute atomic E-state index is 0.604. The van der Waals surface area contributed by atoms with Crippen LogP contribution in [0.15, 0.2) is 18.2 Å². The van der Waals surface area contributed by atoms with Crippen LogP contribution in [0.1, 0.15) is 18.4 Å². The zero-order valence-corrected chi connectivity index (χ0v) is 9.77. The summed E-state index contributed by atoms with van der Waals surface area (Å²) >= 11 is 5.99. The van der Waals surface area contributed by atoms with Crippen molar-refractivity contribution in [1.29, 1.82) is 0 Å². The number of anilines is 1. The van der Waals surface area contributed by atoms with Gasteiger partial charge >= 0.3 is 0 Å². The van der Waals surface area contributed by atoms with E-state index in [-0.39, 0.29) is 0 Å². The molecule has 0 unspecified atom stereocenters. The lowest BCUT2D eigenvalue weighted by atomic mass is 10.1. The van der Waals surface area contributed by atoms with Gasteiger partial charge in [0, 0.05) is 16.8 Å². The van der Waals surface area contributed by atoms with Crippen LogP contribution in [0.2, 0.25) is 5.02 Å². The number of piperidine rings is 1. The normalized spacial score (nSPS) is 17.7. The number of benzene rings is 1. The van der Waals surface area contributed by atoms with Crippen molar-refractivity contribution in [1.82, 2.24) is 5.32 Å². The van der Waals surface area contributed by atoms with E-state index in [1.54, 1.807) is 0 Å². The Hall–Kier alpha value is -0.730. The molecule has 82 valence electrons. The molecular weight excluding hydrogens is 208 g/mol. The zero-order valence-electron chi connectivity index (χ0n) is 9.02. The van der Waals surface area contributed by atoms with Gasteiger partial charge in [-0.05, 0) is 56.6 Å². The fourth-order valence-electron chi connectivity index (χ4n) is 1.94. The predicted octanol–water partition coefficient (Wildman–Crippen LogP) is 2.81. The van der Waals surface area contributed by atoms with Crippen LogP contribution in [0.4, 0.5) is 5.69 Å². The van der Waals surface area contributed by atoms with Crippen molar-refractivity contribution < 1.29 is 0 Å². The maximum Gasteiger partial charge on any atom is 0.0436 e. The molecule has 1 heterocycles. The first kappa shape index (κ1) is 10.8. The van der Waals surface area contributed by atoms with E-state index in [9.17, 15) is 0 Å². The van der Waals surface area contributed by atoms with E-state index in [1.807, 2.05) is 13.0 Å². The van der Waals surface area contributed by atoms with Gasteiger partial charge in [0.15, 0.2) is 0 Å². The minimum Gasteiger partial charge on any atom is -0.382 e. The Bertz CT molecular complexity index is 332. The fraction of sp³-hybridized carbons (Fsp3) is 0.500. The molecule has 2 N–H and O–H groups in total. The van der Waals surface area contributed by atoms with Gasteiger partial charge in [0.05, 0.1) is 0 Å². The van der Waals surface area contributed by atoms with Crippen molar-refractivity contribution in [3.8, 4) is 0 Å². The summed E-state index contributed by atoms with van der Waals surface area (Å²) in [5.74, 6) is 0. The van der Waals surface area contributed by atoms with Crippen molar-refractivity contribution in [2.45, 2.75) is 25.8 Å². The van der Waals surface area contributed by atoms with Crippen molar-refractivity contribution >= 4 is 17.3 Å². The average Bonchev–Trinajstić information content (AvgIpc) is 2.25. The smallest absolute Gasteiger partial charge is 0.0436 e. The van der Waals surface area contributed by atoms with Crippen LogP contribution in [0.25, 0.3) is 0 Å². The standard InChI is InChI=1S/C12H17ClN2/c1-9-8-11(2-3-12(9)13)15-10-4-6-14-7-5-10/h2-3,8,10,14-15H,4-7H2,1H3. The number of hydrogen-bond donors (Lipinski definition) is 2. The second kappa shape index (κ2) is 4.86. The van der Waals surface area contributed by atoms with Crippen LogP contribution in [-0.4, -0.2) is 19.1 Å². The highest BCUT2D eigenvalue weighted by Crippen LogP contribution is 2.21. The lowest BCUT2D eigenvalue weighted by Gasteiger charge is -2.24. The molecule has 0 atom stereocenters. The molecule has 0 aliphatic carbocycles. The van der Waals surface area contributed by atoms with Crippen LogP contribution >= 0.6 is 11.6 Å². The highest BCUT2D eigenvalue weighted by molar-refractivity contribution is 6.31. The molecule has 2 nitrogen and oxygen atoms in total. The first-order valence-electron chi connectivity index (χ1n) is 5.49. The van der Waals surface area contributed by atoms with Gasteiger partial charge < -0.3 is 10.6 Å². The van der Waals surface area contributed by atoms with Crippen LogP contribution in [0.3, 0.4) is 0 Å². The maximum absolute atomic E-state index is 5.99. The molecule has 1 aromatic rings. The molecule has 1 aliphatic heterocycles. The summed E-state index contributed by atoms with van der Waals surface area (Å²) in [5.41, 5.74) is 2.32. The minimum atomic E-state index is 0.604. The maximum atomic E-state index is 5.99. The van der Waals surface area contributed by atoms with Crippen molar-refractivity contribution in [2.24, 2.45) is 0 Å². The first-order valence-corrected chi connectivity index (χ1v) is 5.87. The molecule has 1 saturated heterocycles. The zero-order chi connectivity index (χ0) is 10.7. The quantitative estimate of drug-likeness (QED) is 0.808. The van der Waals surface area contributed by atoms with E-state index >= 15 is 0 Å². The van der Waals surface area contributed by atoms with Crippen molar-refractivity contribution in [3.05, 3.63) is 28.8 Å². The topological polar surface area (TPSA) is 24.1 Å². The highest BCUT2D eigenvalue weighted by Gasteiger charge is 2.12. The lowest BCUT2D eigenvalue weighted by molar-refractivity contribution is 0.479. The van der Waals surface area contributed by atoms with Gasteiger partial charge in [-0.2, -0.15) is 0 Å². The molecule has 2 rings (SSSR count). The van der Waals surface area contributed by atoms with E-state index in [2.05, 4.69) is 22.8 Å². The Labute approximate surface area is 96.0 Å². The third-order valence-corrected chi connectivity index (χ3v) is 3.29. The molecule has 1 aliphatic rings. The summed E-state index contributed by atoms with van der Waals surface area (Å²) < 4.78 is 0. The molecule has 0 amide bonds. The average molecular weight is 225 g/mol. The summed E-state index contributed by atoms with van der Waals surface area (Å²) in [7, 11) is 0. The SMILES string of the molecule is Cc1cc(NC2CCNCC2)ccc1Cl. The van der Waals surface area contributed by atoms with Gasteiger partial charge in [-0.15, -0.1) is 0 Å². The summed E-state index contributed by atoms with van der Waals surface area (Å²) in [6.07, 6.45) is 2.39. The van der Waals surface area contributed by atoms with Gasteiger partial charge in [0.25, 0.3) is 0 Å². The molecular formula is C12H17ClN2. The van der Waals surface area contributed by atoms with E-state index in [0.717, 1.165) is 23.7 Å². The Morgan fingerprint density at radius 2 is 2.07 bits per heavy atom. The largest absolute Gasteiger partial charge is 0.382 e. The molecule has 1 fully saturated rings. The highest BCUT2D eigenvalue weighted by atomic mass is 35.5. The third-order valence-electron chi connectivity index (χ3n) is 2.87. The van der Waals surface area contributed by atoms with Gasteiger partial charge in [-0.25, -0.2) is 0 Å². The monoisotopic (exact) mass is 224 g/mol. The molecule has 0 saturated carbocycles. The number of nitrogens with one attached hydrogen (secondary N) is 2.